The minimum Gasteiger partial charge on any atom is -0.312 e. The van der Waals surface area contributed by atoms with Gasteiger partial charge in [0.15, 0.2) is 0 Å². The maximum atomic E-state index is 4.48. The molecule has 0 bridgehead atoms. The van der Waals surface area contributed by atoms with E-state index in [9.17, 15) is 0 Å². The van der Waals surface area contributed by atoms with E-state index in [0.717, 1.165) is 30.3 Å². The van der Waals surface area contributed by atoms with Gasteiger partial charge >= 0.3 is 0 Å². The van der Waals surface area contributed by atoms with Crippen LogP contribution in [-0.4, -0.2) is 21.3 Å². The van der Waals surface area contributed by atoms with Crippen LogP contribution in [0.1, 0.15) is 35.8 Å². The van der Waals surface area contributed by atoms with Crippen LogP contribution in [0, 0.1) is 19.8 Å². The maximum absolute atomic E-state index is 4.48. The summed E-state index contributed by atoms with van der Waals surface area (Å²) in [6, 6.07) is 0. The molecule has 0 saturated heterocycles. The second-order valence-corrected chi connectivity index (χ2v) is 6.26. The summed E-state index contributed by atoms with van der Waals surface area (Å²) in [5.74, 6) is 0.675. The Kier molecular flexibility index (Phi) is 4.71. The van der Waals surface area contributed by atoms with Crippen molar-refractivity contribution in [2.24, 2.45) is 5.92 Å². The van der Waals surface area contributed by atoms with Gasteiger partial charge < -0.3 is 5.32 Å². The van der Waals surface area contributed by atoms with Gasteiger partial charge in [0.25, 0.3) is 0 Å². The normalized spacial score (nSPS) is 11.4. The first-order valence-electron chi connectivity index (χ1n) is 6.69. The zero-order valence-electron chi connectivity index (χ0n) is 12.1. The van der Waals surface area contributed by atoms with Crippen LogP contribution in [0.4, 0.5) is 0 Å². The lowest BCUT2D eigenvalue weighted by molar-refractivity contribution is 0.550. The summed E-state index contributed by atoms with van der Waals surface area (Å²) in [5, 5.41) is 11.1. The molecule has 0 spiro atoms. The van der Waals surface area contributed by atoms with Crippen LogP contribution in [0.2, 0.25) is 0 Å². The molecule has 1 N–H and O–H groups in total. The molecule has 0 unspecified atom stereocenters. The van der Waals surface area contributed by atoms with E-state index in [4.69, 9.17) is 0 Å². The molecule has 0 amide bonds. The van der Waals surface area contributed by atoms with Gasteiger partial charge in [0.05, 0.1) is 12.7 Å². The third kappa shape index (κ3) is 3.88. The van der Waals surface area contributed by atoms with Gasteiger partial charge in [-0.15, -0.1) is 11.3 Å². The zero-order chi connectivity index (χ0) is 13.8. The Morgan fingerprint density at radius 3 is 2.79 bits per heavy atom. The number of nitrogens with one attached hydrogen (secondary N) is 1. The van der Waals surface area contributed by atoms with Crippen molar-refractivity contribution >= 4 is 11.3 Å². The summed E-state index contributed by atoms with van der Waals surface area (Å²) in [5.41, 5.74) is 3.58. The second-order valence-electron chi connectivity index (χ2n) is 5.32. The van der Waals surface area contributed by atoms with Crippen LogP contribution in [0.15, 0.2) is 11.6 Å². The largest absolute Gasteiger partial charge is 0.312 e. The summed E-state index contributed by atoms with van der Waals surface area (Å²) in [7, 11) is 0. The molecule has 0 aliphatic carbocycles. The minimum absolute atomic E-state index is 0.675. The molecule has 104 valence electrons. The van der Waals surface area contributed by atoms with Gasteiger partial charge in [-0.25, -0.2) is 4.98 Å². The highest BCUT2D eigenvalue weighted by Gasteiger charge is 2.08. The highest BCUT2D eigenvalue weighted by Crippen LogP contribution is 2.13. The van der Waals surface area contributed by atoms with Crippen molar-refractivity contribution in [3.05, 3.63) is 33.5 Å². The molecule has 0 fully saturated rings. The Morgan fingerprint density at radius 2 is 2.16 bits per heavy atom. The smallest absolute Gasteiger partial charge is 0.114 e. The minimum atomic E-state index is 0.675. The average molecular weight is 278 g/mol. The molecule has 2 heterocycles. The third-order valence-corrected chi connectivity index (χ3v) is 3.98. The number of nitrogens with zero attached hydrogens (tertiary/aromatic N) is 3. The maximum Gasteiger partial charge on any atom is 0.114 e. The van der Waals surface area contributed by atoms with Gasteiger partial charge in [-0.3, -0.25) is 4.68 Å². The Balaban J connectivity index is 1.97. The van der Waals surface area contributed by atoms with Crippen LogP contribution in [0.25, 0.3) is 0 Å². The van der Waals surface area contributed by atoms with E-state index in [0.29, 0.717) is 5.92 Å². The van der Waals surface area contributed by atoms with E-state index < -0.39 is 0 Å². The summed E-state index contributed by atoms with van der Waals surface area (Å²) in [6.07, 6.45) is 1.96. The summed E-state index contributed by atoms with van der Waals surface area (Å²) < 4.78 is 2.03. The van der Waals surface area contributed by atoms with Crippen molar-refractivity contribution in [3.8, 4) is 0 Å². The number of hydrogen-bond acceptors (Lipinski definition) is 4. The van der Waals surface area contributed by atoms with Crippen LogP contribution < -0.4 is 5.32 Å². The number of hydrogen-bond donors (Lipinski definition) is 1. The highest BCUT2D eigenvalue weighted by molar-refractivity contribution is 7.09. The van der Waals surface area contributed by atoms with Gasteiger partial charge in [-0.1, -0.05) is 13.8 Å². The first-order chi connectivity index (χ1) is 9.06. The molecule has 0 aliphatic rings. The average Bonchev–Trinajstić information content (AvgIpc) is 2.89. The molecule has 0 saturated carbocycles. The Morgan fingerprint density at radius 1 is 1.37 bits per heavy atom. The van der Waals surface area contributed by atoms with Crippen LogP contribution >= 0.6 is 11.3 Å². The third-order valence-electron chi connectivity index (χ3n) is 3.02. The fraction of sp³-hybridized carbons (Fsp3) is 0.571. The van der Waals surface area contributed by atoms with Gasteiger partial charge in [0.2, 0.25) is 0 Å². The molecule has 2 aromatic heterocycles. The van der Waals surface area contributed by atoms with E-state index >= 15 is 0 Å². The van der Waals surface area contributed by atoms with Crippen LogP contribution in [0.3, 0.4) is 0 Å². The van der Waals surface area contributed by atoms with Crippen molar-refractivity contribution in [2.75, 3.05) is 6.54 Å². The summed E-state index contributed by atoms with van der Waals surface area (Å²) in [4.78, 5) is 4.48. The SMILES string of the molecule is Cc1csc(Cn2ncc(CNCC(C)C)c2C)n1. The highest BCUT2D eigenvalue weighted by atomic mass is 32.1. The van der Waals surface area contributed by atoms with Crippen molar-refractivity contribution in [1.29, 1.82) is 0 Å². The molecule has 2 rings (SSSR count). The molecule has 0 aliphatic heterocycles. The van der Waals surface area contributed by atoms with E-state index in [1.807, 2.05) is 17.8 Å². The Bertz CT molecular complexity index is 527. The van der Waals surface area contributed by atoms with Gasteiger partial charge in [0.1, 0.15) is 5.01 Å². The van der Waals surface area contributed by atoms with Crippen LogP contribution in [0.5, 0.6) is 0 Å². The van der Waals surface area contributed by atoms with Gasteiger partial charge in [-0.2, -0.15) is 5.10 Å². The van der Waals surface area contributed by atoms with E-state index in [2.05, 4.69) is 41.6 Å². The molecular formula is C14H22N4S. The molecular weight excluding hydrogens is 256 g/mol. The molecule has 0 aromatic carbocycles. The van der Waals surface area contributed by atoms with Crippen molar-refractivity contribution in [2.45, 2.75) is 40.8 Å². The zero-order valence-corrected chi connectivity index (χ0v) is 12.9. The Hall–Kier alpha value is -1.20. The second kappa shape index (κ2) is 6.30. The summed E-state index contributed by atoms with van der Waals surface area (Å²) >= 11 is 1.70. The number of thiazole rings is 1. The van der Waals surface area contributed by atoms with Crippen molar-refractivity contribution < 1.29 is 0 Å². The molecule has 0 radical (unpaired) electrons. The predicted molar refractivity (Wildman–Crippen MR) is 79.5 cm³/mol. The van der Waals surface area contributed by atoms with E-state index in [-0.39, 0.29) is 0 Å². The lowest BCUT2D eigenvalue weighted by Gasteiger charge is -2.07. The van der Waals surface area contributed by atoms with E-state index in [1.165, 1.54) is 11.3 Å². The fourth-order valence-corrected chi connectivity index (χ4v) is 2.67. The van der Waals surface area contributed by atoms with Gasteiger partial charge in [0, 0.05) is 28.9 Å². The lowest BCUT2D eigenvalue weighted by atomic mass is 10.2. The lowest BCUT2D eigenvalue weighted by Crippen LogP contribution is -2.19. The molecule has 19 heavy (non-hydrogen) atoms. The molecule has 5 heteroatoms. The monoisotopic (exact) mass is 278 g/mol. The quantitative estimate of drug-likeness (QED) is 0.883. The number of rotatable bonds is 6. The predicted octanol–water partition coefficient (Wildman–Crippen LogP) is 2.75. The molecule has 2 aromatic rings. The fourth-order valence-electron chi connectivity index (χ4n) is 1.92. The standard InChI is InChI=1S/C14H22N4S/c1-10(2)5-15-6-13-7-16-18(12(13)4)8-14-17-11(3)9-19-14/h7,9-10,15H,5-6,8H2,1-4H3. The van der Waals surface area contributed by atoms with Crippen molar-refractivity contribution in [3.63, 3.8) is 0 Å². The first-order valence-corrected chi connectivity index (χ1v) is 7.57. The molecule has 4 nitrogen and oxygen atoms in total. The number of aryl methyl sites for hydroxylation is 1. The van der Waals surface area contributed by atoms with Gasteiger partial charge in [-0.05, 0) is 26.3 Å². The van der Waals surface area contributed by atoms with E-state index in [1.54, 1.807) is 11.3 Å². The Labute approximate surface area is 118 Å². The first kappa shape index (κ1) is 14.2. The molecule has 0 atom stereocenters. The number of aromatic nitrogens is 3. The van der Waals surface area contributed by atoms with Crippen molar-refractivity contribution in [1.82, 2.24) is 20.1 Å². The topological polar surface area (TPSA) is 42.7 Å². The summed E-state index contributed by atoms with van der Waals surface area (Å²) in [6.45, 7) is 11.3. The van der Waals surface area contributed by atoms with Crippen LogP contribution in [-0.2, 0) is 13.1 Å².